The Kier molecular flexibility index (Phi) is 4.92. The van der Waals surface area contributed by atoms with Crippen LogP contribution in [0.2, 0.25) is 0 Å². The van der Waals surface area contributed by atoms with Gasteiger partial charge >= 0.3 is 0 Å². The molecule has 0 aromatic heterocycles. The molecule has 2 amide bonds. The molecular formula is C15H15BrFN3O4S. The summed E-state index contributed by atoms with van der Waals surface area (Å²) in [5, 5.41) is 7.83. The molecular weight excluding hydrogens is 417 g/mol. The van der Waals surface area contributed by atoms with Crippen molar-refractivity contribution in [1.82, 2.24) is 5.01 Å². The van der Waals surface area contributed by atoms with E-state index in [0.717, 1.165) is 5.01 Å². The molecule has 1 aromatic carbocycles. The van der Waals surface area contributed by atoms with Crippen molar-refractivity contribution in [1.29, 1.82) is 0 Å². The number of hydrogen-bond donors (Lipinski definition) is 1. The minimum absolute atomic E-state index is 0.0149. The summed E-state index contributed by atoms with van der Waals surface area (Å²) in [4.78, 5) is 24.4. The Bertz CT molecular complexity index is 872. The molecule has 1 atom stereocenters. The maximum absolute atomic E-state index is 13.1. The van der Waals surface area contributed by atoms with Crippen LogP contribution in [-0.2, 0) is 19.4 Å². The highest BCUT2D eigenvalue weighted by Crippen LogP contribution is 2.25. The molecule has 7 nitrogen and oxygen atoms in total. The van der Waals surface area contributed by atoms with Gasteiger partial charge in [-0.25, -0.2) is 17.8 Å². The Hall–Kier alpha value is -1.81. The first-order valence-corrected chi connectivity index (χ1v) is 10.2. The average molecular weight is 432 g/mol. The maximum atomic E-state index is 13.1. The molecule has 1 saturated heterocycles. The number of halogens is 2. The van der Waals surface area contributed by atoms with Gasteiger partial charge in [0.15, 0.2) is 9.84 Å². The summed E-state index contributed by atoms with van der Waals surface area (Å²) in [7, 11) is -3.17. The zero-order valence-electron chi connectivity index (χ0n) is 13.0. The minimum atomic E-state index is -3.17. The Morgan fingerprint density at radius 3 is 2.76 bits per heavy atom. The fourth-order valence-corrected chi connectivity index (χ4v) is 4.92. The number of carbonyl (C=O) groups excluding carboxylic acids is 2. The van der Waals surface area contributed by atoms with Crippen LogP contribution in [0.25, 0.3) is 0 Å². The van der Waals surface area contributed by atoms with Crippen LogP contribution in [0.3, 0.4) is 0 Å². The van der Waals surface area contributed by atoms with Crippen molar-refractivity contribution in [3.8, 4) is 0 Å². The second-order valence-electron chi connectivity index (χ2n) is 5.92. The van der Waals surface area contributed by atoms with Gasteiger partial charge < -0.3 is 5.32 Å². The van der Waals surface area contributed by atoms with E-state index in [4.69, 9.17) is 0 Å². The maximum Gasteiger partial charge on any atom is 0.271 e. The van der Waals surface area contributed by atoms with Crippen molar-refractivity contribution in [2.75, 3.05) is 16.8 Å². The molecule has 25 heavy (non-hydrogen) atoms. The van der Waals surface area contributed by atoms with Crippen molar-refractivity contribution in [3.05, 3.63) is 28.5 Å². The normalized spacial score (nSPS) is 22.6. The van der Waals surface area contributed by atoms with Crippen molar-refractivity contribution in [3.63, 3.8) is 0 Å². The molecule has 0 aliphatic carbocycles. The first-order valence-electron chi connectivity index (χ1n) is 7.61. The van der Waals surface area contributed by atoms with Gasteiger partial charge in [-0.2, -0.15) is 5.10 Å². The van der Waals surface area contributed by atoms with Crippen molar-refractivity contribution < 1.29 is 22.4 Å². The Labute approximate surface area is 152 Å². The Morgan fingerprint density at radius 2 is 2.12 bits per heavy atom. The summed E-state index contributed by atoms with van der Waals surface area (Å²) in [5.41, 5.74) is 0.515. The predicted octanol–water partition coefficient (Wildman–Crippen LogP) is 1.69. The molecule has 0 radical (unpaired) electrons. The monoisotopic (exact) mass is 431 g/mol. The van der Waals surface area contributed by atoms with E-state index in [1.807, 2.05) is 0 Å². The zero-order valence-corrected chi connectivity index (χ0v) is 15.4. The summed E-state index contributed by atoms with van der Waals surface area (Å²) in [6.07, 6.45) is 0.572. The van der Waals surface area contributed by atoms with Gasteiger partial charge in [0.1, 0.15) is 11.5 Å². The molecule has 0 unspecified atom stereocenters. The molecule has 2 heterocycles. The highest BCUT2D eigenvalue weighted by atomic mass is 79.9. The van der Waals surface area contributed by atoms with E-state index in [1.54, 1.807) is 0 Å². The first-order chi connectivity index (χ1) is 11.7. The summed E-state index contributed by atoms with van der Waals surface area (Å²) in [6.45, 7) is 0. The minimum Gasteiger partial charge on any atom is -0.320 e. The van der Waals surface area contributed by atoms with Crippen molar-refractivity contribution in [2.45, 2.75) is 25.3 Å². The fraction of sp³-hybridized carbons (Fsp3) is 0.400. The molecule has 134 valence electrons. The predicted molar refractivity (Wildman–Crippen MR) is 93.3 cm³/mol. The second kappa shape index (κ2) is 6.83. The van der Waals surface area contributed by atoms with Crippen LogP contribution in [0.5, 0.6) is 0 Å². The van der Waals surface area contributed by atoms with Gasteiger partial charge in [-0.15, -0.1) is 0 Å². The highest BCUT2D eigenvalue weighted by Gasteiger charge is 2.37. The van der Waals surface area contributed by atoms with Gasteiger partial charge in [-0.3, -0.25) is 9.59 Å². The number of anilines is 1. The standard InChI is InChI=1S/C15H15BrFN3O4S/c16-11-7-9(17)1-2-12(11)18-15(22)13-3-4-14(21)20(19-13)10-5-6-25(23,24)8-10/h1-2,7,10H,3-6,8H2,(H,18,22)/t10-/m0/s1. The first kappa shape index (κ1) is 18.0. The summed E-state index contributed by atoms with van der Waals surface area (Å²) < 4.78 is 36.7. The largest absolute Gasteiger partial charge is 0.320 e. The van der Waals surface area contributed by atoms with E-state index in [1.165, 1.54) is 18.2 Å². The number of hydrazone groups is 1. The van der Waals surface area contributed by atoms with Gasteiger partial charge in [0, 0.05) is 17.3 Å². The highest BCUT2D eigenvalue weighted by molar-refractivity contribution is 9.10. The third kappa shape index (κ3) is 4.06. The van der Waals surface area contributed by atoms with Crippen molar-refractivity contribution in [2.24, 2.45) is 5.10 Å². The van der Waals surface area contributed by atoms with Crippen LogP contribution in [0.4, 0.5) is 10.1 Å². The van der Waals surface area contributed by atoms with E-state index in [-0.39, 0.29) is 36.0 Å². The number of nitrogens with zero attached hydrogens (tertiary/aromatic N) is 2. The number of hydrogen-bond acceptors (Lipinski definition) is 5. The number of benzene rings is 1. The molecule has 0 bridgehead atoms. The third-order valence-electron chi connectivity index (χ3n) is 4.06. The fourth-order valence-electron chi connectivity index (χ4n) is 2.77. The van der Waals surface area contributed by atoms with Crippen LogP contribution < -0.4 is 5.32 Å². The van der Waals surface area contributed by atoms with E-state index in [2.05, 4.69) is 26.3 Å². The summed E-state index contributed by atoms with van der Waals surface area (Å²) in [6, 6.07) is 3.31. The molecule has 10 heteroatoms. The molecule has 2 aliphatic rings. The van der Waals surface area contributed by atoms with E-state index in [9.17, 15) is 22.4 Å². The Morgan fingerprint density at radius 1 is 1.36 bits per heavy atom. The van der Waals surface area contributed by atoms with Gasteiger partial charge in [-0.1, -0.05) is 0 Å². The number of amides is 2. The number of nitrogens with one attached hydrogen (secondary N) is 1. The van der Waals surface area contributed by atoms with E-state index >= 15 is 0 Å². The number of carbonyl (C=O) groups is 2. The smallest absolute Gasteiger partial charge is 0.271 e. The Balaban J connectivity index is 1.77. The van der Waals surface area contributed by atoms with Crippen LogP contribution in [0.15, 0.2) is 27.8 Å². The SMILES string of the molecule is O=C(Nc1ccc(F)cc1Br)C1=NN([C@H]2CCS(=O)(=O)C2)C(=O)CC1. The van der Waals surface area contributed by atoms with Crippen LogP contribution >= 0.6 is 15.9 Å². The van der Waals surface area contributed by atoms with Gasteiger partial charge in [0.25, 0.3) is 5.91 Å². The molecule has 1 N–H and O–H groups in total. The zero-order chi connectivity index (χ0) is 18.2. The molecule has 0 spiro atoms. The van der Waals surface area contributed by atoms with Gasteiger partial charge in [0.05, 0.1) is 23.2 Å². The third-order valence-corrected chi connectivity index (χ3v) is 6.46. The molecule has 0 saturated carbocycles. The van der Waals surface area contributed by atoms with Crippen LogP contribution in [0.1, 0.15) is 19.3 Å². The molecule has 2 aliphatic heterocycles. The lowest BCUT2D eigenvalue weighted by Crippen LogP contribution is -2.42. The van der Waals surface area contributed by atoms with Crippen LogP contribution in [-0.4, -0.2) is 48.5 Å². The number of sulfone groups is 1. The lowest BCUT2D eigenvalue weighted by molar-refractivity contribution is -0.133. The van der Waals surface area contributed by atoms with Gasteiger partial charge in [-0.05, 0) is 40.5 Å². The van der Waals surface area contributed by atoms with Crippen molar-refractivity contribution >= 4 is 49.0 Å². The summed E-state index contributed by atoms with van der Waals surface area (Å²) >= 11 is 3.16. The van der Waals surface area contributed by atoms with E-state index < -0.39 is 27.6 Å². The van der Waals surface area contributed by atoms with Gasteiger partial charge in [0.2, 0.25) is 5.91 Å². The quantitative estimate of drug-likeness (QED) is 0.787. The molecule has 1 fully saturated rings. The molecule has 3 rings (SSSR count). The second-order valence-corrected chi connectivity index (χ2v) is 9.00. The summed E-state index contributed by atoms with van der Waals surface area (Å²) in [5.74, 6) is -1.37. The average Bonchev–Trinajstić information content (AvgIpc) is 2.90. The number of rotatable bonds is 3. The lowest BCUT2D eigenvalue weighted by Gasteiger charge is -2.27. The van der Waals surface area contributed by atoms with E-state index in [0.29, 0.717) is 16.6 Å². The molecule has 1 aromatic rings. The van der Waals surface area contributed by atoms with Crippen LogP contribution in [0, 0.1) is 5.82 Å². The topological polar surface area (TPSA) is 95.9 Å². The lowest BCUT2D eigenvalue weighted by atomic mass is 10.1.